The maximum Gasteiger partial charge on any atom is 0.269 e. The van der Waals surface area contributed by atoms with Crippen molar-refractivity contribution >= 4 is 29.0 Å². The lowest BCUT2D eigenvalue weighted by molar-refractivity contribution is -0.384. The van der Waals surface area contributed by atoms with Crippen molar-refractivity contribution in [1.29, 1.82) is 0 Å². The van der Waals surface area contributed by atoms with Crippen molar-refractivity contribution in [2.75, 3.05) is 10.2 Å². The van der Waals surface area contributed by atoms with E-state index in [-0.39, 0.29) is 23.7 Å². The van der Waals surface area contributed by atoms with E-state index in [4.69, 9.17) is 0 Å². The fraction of sp³-hybridized carbons (Fsp3) is 0.222. The zero-order valence-electron chi connectivity index (χ0n) is 19.0. The number of nitro groups is 1. The molecule has 168 valence electrons. The van der Waals surface area contributed by atoms with E-state index < -0.39 is 4.92 Å². The third-order valence-corrected chi connectivity index (χ3v) is 5.99. The average molecular weight is 442 g/mol. The largest absolute Gasteiger partial charge is 0.378 e. The lowest BCUT2D eigenvalue weighted by Gasteiger charge is -2.39. The fourth-order valence-corrected chi connectivity index (χ4v) is 4.26. The van der Waals surface area contributed by atoms with Gasteiger partial charge in [-0.25, -0.2) is 0 Å². The molecule has 0 aromatic heterocycles. The molecule has 1 amide bonds. The first-order valence-electron chi connectivity index (χ1n) is 11.0. The number of non-ortho nitro benzene ring substituents is 1. The Labute approximate surface area is 193 Å². The standard InChI is InChI=1S/C27H27N3O3/c1-18-4-10-22(11-5-18)28-25-17-20(3)29(26-14-6-19(2)16-24(25)26)27(31)15-9-21-7-12-23(13-8-21)30(32)33/h4-16,20,25,28H,17H2,1-3H3/b15-9+/t20-,25+/m0/s1. The molecule has 1 aliphatic rings. The van der Waals surface area contributed by atoms with Crippen LogP contribution in [0, 0.1) is 24.0 Å². The highest BCUT2D eigenvalue weighted by Gasteiger charge is 2.33. The smallest absolute Gasteiger partial charge is 0.269 e. The molecule has 1 aliphatic heterocycles. The summed E-state index contributed by atoms with van der Waals surface area (Å²) >= 11 is 0. The number of nitro benzene ring substituents is 1. The number of carbonyl (C=O) groups excluding carboxylic acids is 1. The van der Waals surface area contributed by atoms with E-state index >= 15 is 0 Å². The summed E-state index contributed by atoms with van der Waals surface area (Å²) in [6.07, 6.45) is 4.01. The molecular formula is C27H27N3O3. The Bertz CT molecular complexity index is 1200. The van der Waals surface area contributed by atoms with Crippen LogP contribution in [0.5, 0.6) is 0 Å². The Morgan fingerprint density at radius 3 is 2.36 bits per heavy atom. The number of hydrogen-bond acceptors (Lipinski definition) is 4. The molecule has 1 heterocycles. The summed E-state index contributed by atoms with van der Waals surface area (Å²) in [7, 11) is 0. The van der Waals surface area contributed by atoms with Gasteiger partial charge in [0.2, 0.25) is 0 Å². The second kappa shape index (κ2) is 9.28. The van der Waals surface area contributed by atoms with E-state index in [0.29, 0.717) is 0 Å². The van der Waals surface area contributed by atoms with Crippen molar-refractivity contribution in [2.24, 2.45) is 0 Å². The molecule has 0 spiro atoms. The molecule has 4 rings (SSSR count). The van der Waals surface area contributed by atoms with Crippen LogP contribution in [0.3, 0.4) is 0 Å². The van der Waals surface area contributed by atoms with Crippen LogP contribution in [0.4, 0.5) is 17.1 Å². The SMILES string of the molecule is Cc1ccc(N[C@@H]2C[C@H](C)N(C(=O)/C=C/c3ccc([N+](=O)[O-])cc3)c3ccc(C)cc32)cc1. The van der Waals surface area contributed by atoms with Crippen LogP contribution in [0.2, 0.25) is 0 Å². The number of nitrogens with one attached hydrogen (secondary N) is 1. The molecule has 0 saturated heterocycles. The van der Waals surface area contributed by atoms with E-state index in [2.05, 4.69) is 56.4 Å². The second-order valence-electron chi connectivity index (χ2n) is 8.60. The third kappa shape index (κ3) is 4.95. The van der Waals surface area contributed by atoms with Gasteiger partial charge in [-0.1, -0.05) is 35.4 Å². The predicted molar refractivity (Wildman–Crippen MR) is 132 cm³/mol. The monoisotopic (exact) mass is 441 g/mol. The average Bonchev–Trinajstić information content (AvgIpc) is 2.79. The molecule has 0 unspecified atom stereocenters. The summed E-state index contributed by atoms with van der Waals surface area (Å²) in [4.78, 5) is 25.5. The second-order valence-corrected chi connectivity index (χ2v) is 8.60. The molecule has 2 atom stereocenters. The van der Waals surface area contributed by atoms with Crippen molar-refractivity contribution < 1.29 is 9.72 Å². The Morgan fingerprint density at radius 1 is 1.03 bits per heavy atom. The normalized spacial score (nSPS) is 17.6. The van der Waals surface area contributed by atoms with Gasteiger partial charge in [-0.2, -0.15) is 0 Å². The number of hydrogen-bond donors (Lipinski definition) is 1. The Hall–Kier alpha value is -3.93. The predicted octanol–water partition coefficient (Wildman–Crippen LogP) is 6.20. The zero-order chi connectivity index (χ0) is 23.5. The maximum absolute atomic E-state index is 13.2. The summed E-state index contributed by atoms with van der Waals surface area (Å²) in [5.41, 5.74) is 6.19. The van der Waals surface area contributed by atoms with E-state index in [1.165, 1.54) is 23.8 Å². The molecule has 0 saturated carbocycles. The van der Waals surface area contributed by atoms with Crippen LogP contribution >= 0.6 is 0 Å². The molecule has 1 N–H and O–H groups in total. The molecule has 0 aliphatic carbocycles. The van der Waals surface area contributed by atoms with Gasteiger partial charge in [0, 0.05) is 35.6 Å². The van der Waals surface area contributed by atoms with Crippen LogP contribution in [0.25, 0.3) is 6.08 Å². The first-order valence-corrected chi connectivity index (χ1v) is 11.0. The van der Waals surface area contributed by atoms with E-state index in [9.17, 15) is 14.9 Å². The van der Waals surface area contributed by atoms with Crippen LogP contribution in [0.1, 0.15) is 41.6 Å². The number of amides is 1. The minimum Gasteiger partial charge on any atom is -0.378 e. The molecule has 3 aromatic carbocycles. The zero-order valence-corrected chi connectivity index (χ0v) is 19.0. The summed E-state index contributed by atoms with van der Waals surface area (Å²) in [5, 5.41) is 14.5. The molecule has 6 nitrogen and oxygen atoms in total. The van der Waals surface area contributed by atoms with Crippen LogP contribution in [0.15, 0.2) is 72.8 Å². The first-order chi connectivity index (χ1) is 15.8. The molecule has 33 heavy (non-hydrogen) atoms. The van der Waals surface area contributed by atoms with Crippen LogP contribution in [-0.2, 0) is 4.79 Å². The van der Waals surface area contributed by atoms with Crippen molar-refractivity contribution in [2.45, 2.75) is 39.3 Å². The molecular weight excluding hydrogens is 414 g/mol. The maximum atomic E-state index is 13.2. The number of carbonyl (C=O) groups is 1. The van der Waals surface area contributed by atoms with Gasteiger partial charge in [-0.3, -0.25) is 14.9 Å². The summed E-state index contributed by atoms with van der Waals surface area (Å²) in [6.45, 7) is 6.19. The first kappa shape index (κ1) is 22.3. The molecule has 0 fully saturated rings. The van der Waals surface area contributed by atoms with Crippen LogP contribution in [-0.4, -0.2) is 16.9 Å². The molecule has 6 heteroatoms. The van der Waals surface area contributed by atoms with Crippen molar-refractivity contribution in [1.82, 2.24) is 0 Å². The highest BCUT2D eigenvalue weighted by molar-refractivity contribution is 6.05. The van der Waals surface area contributed by atoms with Gasteiger partial charge in [0.1, 0.15) is 0 Å². The lowest BCUT2D eigenvalue weighted by Crippen LogP contribution is -2.43. The van der Waals surface area contributed by atoms with Gasteiger partial charge in [0.05, 0.1) is 11.0 Å². The van der Waals surface area contributed by atoms with Gasteiger partial charge in [-0.05, 0) is 74.7 Å². The molecule has 0 bridgehead atoms. The third-order valence-electron chi connectivity index (χ3n) is 5.99. The summed E-state index contributed by atoms with van der Waals surface area (Å²) < 4.78 is 0. The Morgan fingerprint density at radius 2 is 1.70 bits per heavy atom. The van der Waals surface area contributed by atoms with E-state index in [1.54, 1.807) is 18.2 Å². The van der Waals surface area contributed by atoms with Gasteiger partial charge in [-0.15, -0.1) is 0 Å². The van der Waals surface area contributed by atoms with Crippen molar-refractivity contribution in [3.05, 3.63) is 105 Å². The summed E-state index contributed by atoms with van der Waals surface area (Å²) in [6, 6.07) is 20.8. The Balaban J connectivity index is 1.59. The van der Waals surface area contributed by atoms with Crippen molar-refractivity contribution in [3.8, 4) is 0 Å². The topological polar surface area (TPSA) is 75.5 Å². The van der Waals surface area contributed by atoms with E-state index in [1.807, 2.05) is 17.0 Å². The number of anilines is 2. The van der Waals surface area contributed by atoms with E-state index in [0.717, 1.165) is 34.5 Å². The fourth-order valence-electron chi connectivity index (χ4n) is 4.26. The number of rotatable bonds is 5. The van der Waals surface area contributed by atoms with Gasteiger partial charge >= 0.3 is 0 Å². The number of benzene rings is 3. The minimum absolute atomic E-state index is 0.00262. The lowest BCUT2D eigenvalue weighted by atomic mass is 9.90. The quantitative estimate of drug-likeness (QED) is 0.290. The van der Waals surface area contributed by atoms with Crippen molar-refractivity contribution in [3.63, 3.8) is 0 Å². The highest BCUT2D eigenvalue weighted by atomic mass is 16.6. The number of nitrogens with zero attached hydrogens (tertiary/aromatic N) is 2. The Kier molecular flexibility index (Phi) is 6.27. The highest BCUT2D eigenvalue weighted by Crippen LogP contribution is 2.39. The molecule has 0 radical (unpaired) electrons. The number of aryl methyl sites for hydroxylation is 2. The minimum atomic E-state index is -0.436. The van der Waals surface area contributed by atoms with Gasteiger partial charge in [0.25, 0.3) is 11.6 Å². The van der Waals surface area contributed by atoms with Gasteiger partial charge in [0.15, 0.2) is 0 Å². The summed E-state index contributed by atoms with van der Waals surface area (Å²) in [5.74, 6) is -0.111. The number of fused-ring (bicyclic) bond motifs is 1. The van der Waals surface area contributed by atoms with Crippen LogP contribution < -0.4 is 10.2 Å². The molecule has 3 aromatic rings. The van der Waals surface area contributed by atoms with Gasteiger partial charge < -0.3 is 10.2 Å².